The molecule has 1 saturated carbocycles. The summed E-state index contributed by atoms with van der Waals surface area (Å²) in [6, 6.07) is 7.92. The van der Waals surface area contributed by atoms with Crippen LogP contribution in [0, 0.1) is 12.3 Å². The van der Waals surface area contributed by atoms with E-state index in [0.29, 0.717) is 17.2 Å². The van der Waals surface area contributed by atoms with Crippen molar-refractivity contribution < 1.29 is 23.9 Å². The van der Waals surface area contributed by atoms with E-state index < -0.39 is 11.9 Å². The molecule has 9 heteroatoms. The van der Waals surface area contributed by atoms with Crippen LogP contribution in [0.4, 0.5) is 5.69 Å². The van der Waals surface area contributed by atoms with Gasteiger partial charge in [-0.1, -0.05) is 18.9 Å². The molecule has 8 nitrogen and oxygen atoms in total. The van der Waals surface area contributed by atoms with Crippen LogP contribution in [0.3, 0.4) is 0 Å². The summed E-state index contributed by atoms with van der Waals surface area (Å²) < 4.78 is 10.9. The summed E-state index contributed by atoms with van der Waals surface area (Å²) in [5.41, 5.74) is 0.427. The van der Waals surface area contributed by atoms with Crippen LogP contribution in [0.2, 0.25) is 0 Å². The molecule has 2 N–H and O–H groups in total. The lowest BCUT2D eigenvalue weighted by Gasteiger charge is -2.32. The van der Waals surface area contributed by atoms with Crippen molar-refractivity contribution >= 4 is 34.7 Å². The van der Waals surface area contributed by atoms with E-state index in [4.69, 9.17) is 15.9 Å². The molecule has 3 amide bonds. The summed E-state index contributed by atoms with van der Waals surface area (Å²) in [6.45, 7) is 0.0399. The highest BCUT2D eigenvalue weighted by Gasteiger charge is 2.36. The van der Waals surface area contributed by atoms with Crippen molar-refractivity contribution in [2.45, 2.75) is 44.2 Å². The third-order valence-electron chi connectivity index (χ3n) is 5.69. The third-order valence-corrected chi connectivity index (χ3v) is 6.62. The SMILES string of the molecule is C#CC(=O)NCCC(=O)N(c1ccc(OC)cc1OC)C(C(=O)NC1CCCC1)c1cccs1. The third kappa shape index (κ3) is 6.08. The van der Waals surface area contributed by atoms with Crippen molar-refractivity contribution in [3.05, 3.63) is 40.6 Å². The number of terminal acetylenes is 1. The van der Waals surface area contributed by atoms with Gasteiger partial charge in [-0.05, 0) is 42.3 Å². The van der Waals surface area contributed by atoms with E-state index in [1.807, 2.05) is 23.4 Å². The first-order chi connectivity index (χ1) is 16.5. The van der Waals surface area contributed by atoms with E-state index in [-0.39, 0.29) is 30.8 Å². The van der Waals surface area contributed by atoms with Gasteiger partial charge in [0, 0.05) is 30.0 Å². The van der Waals surface area contributed by atoms with E-state index in [0.717, 1.165) is 30.6 Å². The molecule has 1 heterocycles. The second-order valence-corrected chi connectivity index (χ2v) is 8.84. The molecule has 1 fully saturated rings. The number of methoxy groups -OCH3 is 2. The standard InChI is InChI=1S/C25H29N3O5S/c1-4-22(29)26-14-13-23(30)28(19-12-11-18(32-2)16-20(19)33-3)24(21-10-7-15-34-21)25(31)27-17-8-5-6-9-17/h1,7,10-12,15-17,24H,5-6,8-9,13-14H2,2-3H3,(H,26,29)(H,27,31). The molecule has 1 aliphatic carbocycles. The first-order valence-corrected chi connectivity index (χ1v) is 12.0. The molecule has 1 unspecified atom stereocenters. The lowest BCUT2D eigenvalue weighted by Crippen LogP contribution is -2.46. The maximum atomic E-state index is 13.6. The number of amides is 3. The van der Waals surface area contributed by atoms with Gasteiger partial charge in [0.05, 0.1) is 19.9 Å². The highest BCUT2D eigenvalue weighted by molar-refractivity contribution is 7.10. The van der Waals surface area contributed by atoms with Gasteiger partial charge in [-0.2, -0.15) is 0 Å². The first-order valence-electron chi connectivity index (χ1n) is 11.1. The molecule has 1 aliphatic rings. The Morgan fingerprint density at radius 3 is 2.59 bits per heavy atom. The fraction of sp³-hybridized carbons (Fsp3) is 0.400. The second kappa shape index (κ2) is 12.1. The van der Waals surface area contributed by atoms with Gasteiger partial charge in [-0.25, -0.2) is 0 Å². The molecule has 0 saturated heterocycles. The van der Waals surface area contributed by atoms with Crippen LogP contribution in [-0.4, -0.2) is 44.5 Å². The number of thiophene rings is 1. The summed E-state index contributed by atoms with van der Waals surface area (Å²) >= 11 is 1.39. The van der Waals surface area contributed by atoms with E-state index in [2.05, 4.69) is 10.6 Å². The summed E-state index contributed by atoms with van der Waals surface area (Å²) in [5.74, 6) is 1.68. The molecule has 3 rings (SSSR count). The lowest BCUT2D eigenvalue weighted by molar-refractivity contribution is -0.127. The number of hydrogen-bond donors (Lipinski definition) is 2. The Morgan fingerprint density at radius 2 is 1.97 bits per heavy atom. The van der Waals surface area contributed by atoms with Gasteiger partial charge in [-0.3, -0.25) is 19.3 Å². The molecular formula is C25H29N3O5S. The molecule has 0 bridgehead atoms. The van der Waals surface area contributed by atoms with Crippen LogP contribution in [0.1, 0.15) is 43.0 Å². The normalized spacial score (nSPS) is 14.0. The van der Waals surface area contributed by atoms with E-state index in [1.165, 1.54) is 30.5 Å². The molecule has 0 spiro atoms. The smallest absolute Gasteiger partial charge is 0.295 e. The molecule has 180 valence electrons. The molecule has 0 radical (unpaired) electrons. The first kappa shape index (κ1) is 25.1. The van der Waals surface area contributed by atoms with Crippen LogP contribution >= 0.6 is 11.3 Å². The van der Waals surface area contributed by atoms with E-state index in [1.54, 1.807) is 18.2 Å². The molecule has 1 aromatic heterocycles. The Kier molecular flexibility index (Phi) is 8.93. The zero-order valence-electron chi connectivity index (χ0n) is 19.3. The fourth-order valence-corrected chi connectivity index (χ4v) is 4.84. The molecule has 2 aromatic rings. The van der Waals surface area contributed by atoms with Crippen molar-refractivity contribution in [3.8, 4) is 23.8 Å². The number of anilines is 1. The van der Waals surface area contributed by atoms with Gasteiger partial charge in [0.1, 0.15) is 17.5 Å². The van der Waals surface area contributed by atoms with Crippen LogP contribution in [0.5, 0.6) is 11.5 Å². The fourth-order valence-electron chi connectivity index (χ4n) is 4.03. The average molecular weight is 484 g/mol. The molecule has 1 atom stereocenters. The van der Waals surface area contributed by atoms with Crippen molar-refractivity contribution in [2.24, 2.45) is 0 Å². The van der Waals surface area contributed by atoms with Crippen molar-refractivity contribution in [1.29, 1.82) is 0 Å². The number of benzene rings is 1. The highest BCUT2D eigenvalue weighted by Crippen LogP contribution is 2.39. The Morgan fingerprint density at radius 1 is 1.21 bits per heavy atom. The Labute approximate surface area is 203 Å². The number of nitrogens with zero attached hydrogens (tertiary/aromatic N) is 1. The van der Waals surface area contributed by atoms with Crippen LogP contribution in [0.15, 0.2) is 35.7 Å². The molecule has 1 aromatic carbocycles. The van der Waals surface area contributed by atoms with Crippen LogP contribution < -0.4 is 25.0 Å². The zero-order chi connectivity index (χ0) is 24.5. The van der Waals surface area contributed by atoms with Crippen LogP contribution in [0.25, 0.3) is 0 Å². The van der Waals surface area contributed by atoms with Gasteiger partial charge in [0.2, 0.25) is 11.8 Å². The van der Waals surface area contributed by atoms with Crippen LogP contribution in [-0.2, 0) is 14.4 Å². The maximum absolute atomic E-state index is 13.6. The molecular weight excluding hydrogens is 454 g/mol. The van der Waals surface area contributed by atoms with Gasteiger partial charge >= 0.3 is 0 Å². The second-order valence-electron chi connectivity index (χ2n) is 7.86. The average Bonchev–Trinajstić information content (AvgIpc) is 3.56. The van der Waals surface area contributed by atoms with Crippen molar-refractivity contribution in [2.75, 3.05) is 25.7 Å². The van der Waals surface area contributed by atoms with E-state index >= 15 is 0 Å². The number of hydrogen-bond acceptors (Lipinski definition) is 6. The van der Waals surface area contributed by atoms with Gasteiger partial charge in [0.15, 0.2) is 0 Å². The number of rotatable bonds is 10. The van der Waals surface area contributed by atoms with Gasteiger partial charge in [-0.15, -0.1) is 17.8 Å². The predicted octanol–water partition coefficient (Wildman–Crippen LogP) is 3.04. The minimum absolute atomic E-state index is 0.0399. The summed E-state index contributed by atoms with van der Waals surface area (Å²) in [6.07, 6.45) is 9.01. The summed E-state index contributed by atoms with van der Waals surface area (Å²) in [5, 5.41) is 7.50. The topological polar surface area (TPSA) is 97.0 Å². The van der Waals surface area contributed by atoms with Gasteiger partial charge in [0.25, 0.3) is 5.91 Å². The van der Waals surface area contributed by atoms with Crippen molar-refractivity contribution in [1.82, 2.24) is 10.6 Å². The Balaban J connectivity index is 2.01. The lowest BCUT2D eigenvalue weighted by atomic mass is 10.1. The Bertz CT molecular complexity index is 1040. The number of ether oxygens (including phenoxy) is 2. The number of carbonyl (C=O) groups excluding carboxylic acids is 3. The Hall–Kier alpha value is -3.51. The molecule has 34 heavy (non-hydrogen) atoms. The predicted molar refractivity (Wildman–Crippen MR) is 131 cm³/mol. The number of nitrogens with one attached hydrogen (secondary N) is 2. The minimum Gasteiger partial charge on any atom is -0.497 e. The monoisotopic (exact) mass is 483 g/mol. The van der Waals surface area contributed by atoms with Crippen molar-refractivity contribution in [3.63, 3.8) is 0 Å². The summed E-state index contributed by atoms with van der Waals surface area (Å²) in [4.78, 5) is 40.8. The quantitative estimate of drug-likeness (QED) is 0.507. The minimum atomic E-state index is -0.904. The van der Waals surface area contributed by atoms with E-state index in [9.17, 15) is 14.4 Å². The zero-order valence-corrected chi connectivity index (χ0v) is 20.2. The summed E-state index contributed by atoms with van der Waals surface area (Å²) in [7, 11) is 3.03. The molecule has 0 aliphatic heterocycles. The highest BCUT2D eigenvalue weighted by atomic mass is 32.1. The largest absolute Gasteiger partial charge is 0.497 e. The maximum Gasteiger partial charge on any atom is 0.295 e. The van der Waals surface area contributed by atoms with Gasteiger partial charge < -0.3 is 20.1 Å². The number of carbonyl (C=O) groups is 3.